The fourth-order valence-corrected chi connectivity index (χ4v) is 2.06. The van der Waals surface area contributed by atoms with Crippen molar-refractivity contribution < 1.29 is 4.39 Å². The summed E-state index contributed by atoms with van der Waals surface area (Å²) in [5.74, 6) is -0.356. The Morgan fingerprint density at radius 2 is 1.79 bits per heavy atom. The molecule has 0 aromatic heterocycles. The topological polar surface area (TPSA) is 12.0 Å². The molecule has 0 spiro atoms. The molecule has 19 heavy (non-hydrogen) atoms. The van der Waals surface area contributed by atoms with Crippen molar-refractivity contribution in [2.45, 2.75) is 19.4 Å². The van der Waals surface area contributed by atoms with Crippen LogP contribution in [-0.4, -0.2) is 6.54 Å². The van der Waals surface area contributed by atoms with E-state index in [4.69, 9.17) is 11.6 Å². The molecule has 0 fully saturated rings. The van der Waals surface area contributed by atoms with Crippen LogP contribution in [-0.2, 0) is 13.0 Å². The van der Waals surface area contributed by atoms with Crippen molar-refractivity contribution in [1.82, 2.24) is 5.32 Å². The number of rotatable bonds is 6. The van der Waals surface area contributed by atoms with Crippen LogP contribution in [0, 0.1) is 5.82 Å². The molecule has 0 saturated heterocycles. The predicted molar refractivity (Wildman–Crippen MR) is 77.9 cm³/mol. The van der Waals surface area contributed by atoms with Gasteiger partial charge in [-0.3, -0.25) is 0 Å². The minimum atomic E-state index is -0.356. The normalized spacial score (nSPS) is 10.6. The van der Waals surface area contributed by atoms with Gasteiger partial charge in [0, 0.05) is 6.54 Å². The molecule has 0 unspecified atom stereocenters. The Labute approximate surface area is 118 Å². The summed E-state index contributed by atoms with van der Waals surface area (Å²) in [6.07, 6.45) is 2.13. The molecule has 0 aliphatic heterocycles. The van der Waals surface area contributed by atoms with Gasteiger partial charge in [-0.1, -0.05) is 48.0 Å². The summed E-state index contributed by atoms with van der Waals surface area (Å²) in [5.41, 5.74) is 2.27. The Bertz CT molecular complexity index is 513. The van der Waals surface area contributed by atoms with Gasteiger partial charge in [-0.05, 0) is 42.6 Å². The molecule has 0 amide bonds. The van der Waals surface area contributed by atoms with Gasteiger partial charge in [0.05, 0.1) is 5.02 Å². The maximum Gasteiger partial charge on any atom is 0.142 e. The van der Waals surface area contributed by atoms with E-state index >= 15 is 0 Å². The number of aryl methyl sites for hydroxylation is 1. The highest BCUT2D eigenvalue weighted by Gasteiger charge is 2.00. The molecule has 0 saturated carbocycles. The smallest absolute Gasteiger partial charge is 0.142 e. The fraction of sp³-hybridized carbons (Fsp3) is 0.250. The molecule has 0 heterocycles. The molecule has 0 bridgehead atoms. The fourth-order valence-electron chi connectivity index (χ4n) is 1.94. The molecule has 2 rings (SSSR count). The molecule has 3 heteroatoms. The van der Waals surface area contributed by atoms with Crippen molar-refractivity contribution in [3.8, 4) is 0 Å². The molecule has 0 radical (unpaired) electrons. The molecule has 0 aliphatic carbocycles. The Balaban J connectivity index is 1.68. The van der Waals surface area contributed by atoms with Crippen LogP contribution in [0.3, 0.4) is 0 Å². The predicted octanol–water partition coefficient (Wildman–Crippen LogP) is 4.20. The SMILES string of the molecule is Fc1cc(CNCCCc2ccccc2)ccc1Cl. The molecule has 0 atom stereocenters. The van der Waals surface area contributed by atoms with Crippen molar-refractivity contribution in [3.05, 3.63) is 70.5 Å². The third kappa shape index (κ3) is 4.66. The summed E-state index contributed by atoms with van der Waals surface area (Å²) >= 11 is 5.64. The van der Waals surface area contributed by atoms with Crippen LogP contribution in [0.2, 0.25) is 5.02 Å². The third-order valence-corrected chi connectivity index (χ3v) is 3.28. The average molecular weight is 278 g/mol. The largest absolute Gasteiger partial charge is 0.313 e. The van der Waals surface area contributed by atoms with Crippen molar-refractivity contribution in [2.75, 3.05) is 6.54 Å². The highest BCUT2D eigenvalue weighted by Crippen LogP contribution is 2.15. The van der Waals surface area contributed by atoms with E-state index in [1.165, 1.54) is 11.6 Å². The van der Waals surface area contributed by atoms with E-state index in [1.54, 1.807) is 6.07 Å². The number of halogens is 2. The third-order valence-electron chi connectivity index (χ3n) is 2.97. The zero-order chi connectivity index (χ0) is 13.5. The quantitative estimate of drug-likeness (QED) is 0.780. The summed E-state index contributed by atoms with van der Waals surface area (Å²) in [6.45, 7) is 1.59. The van der Waals surface area contributed by atoms with Crippen molar-refractivity contribution in [1.29, 1.82) is 0 Å². The number of nitrogens with one attached hydrogen (secondary N) is 1. The Kier molecular flexibility index (Phi) is 5.37. The second-order valence-corrected chi connectivity index (χ2v) is 4.92. The van der Waals surface area contributed by atoms with E-state index in [-0.39, 0.29) is 10.8 Å². The zero-order valence-electron chi connectivity index (χ0n) is 10.7. The van der Waals surface area contributed by atoms with Crippen LogP contribution in [0.15, 0.2) is 48.5 Å². The molecule has 100 valence electrons. The van der Waals surface area contributed by atoms with Crippen LogP contribution in [0.25, 0.3) is 0 Å². The second kappa shape index (κ2) is 7.27. The van der Waals surface area contributed by atoms with E-state index in [1.807, 2.05) is 12.1 Å². The summed E-state index contributed by atoms with van der Waals surface area (Å²) < 4.78 is 13.2. The molecule has 2 aromatic rings. The lowest BCUT2D eigenvalue weighted by Crippen LogP contribution is -2.15. The lowest BCUT2D eigenvalue weighted by Gasteiger charge is -2.06. The number of hydrogen-bond acceptors (Lipinski definition) is 1. The van der Waals surface area contributed by atoms with Crippen LogP contribution in [0.4, 0.5) is 4.39 Å². The van der Waals surface area contributed by atoms with E-state index in [9.17, 15) is 4.39 Å². The molecule has 2 aromatic carbocycles. The Morgan fingerprint density at radius 1 is 1.00 bits per heavy atom. The lowest BCUT2D eigenvalue weighted by atomic mass is 10.1. The van der Waals surface area contributed by atoms with Gasteiger partial charge >= 0.3 is 0 Å². The molecule has 1 nitrogen and oxygen atoms in total. The molecular weight excluding hydrogens is 261 g/mol. The summed E-state index contributed by atoms with van der Waals surface area (Å²) in [5, 5.41) is 3.48. The average Bonchev–Trinajstić information content (AvgIpc) is 2.43. The first kappa shape index (κ1) is 14.0. The van der Waals surface area contributed by atoms with Gasteiger partial charge in [0.1, 0.15) is 5.82 Å². The number of benzene rings is 2. The Hall–Kier alpha value is -1.38. The second-order valence-electron chi connectivity index (χ2n) is 4.51. The van der Waals surface area contributed by atoms with Gasteiger partial charge in [0.15, 0.2) is 0 Å². The summed E-state index contributed by atoms with van der Waals surface area (Å²) in [6, 6.07) is 15.3. The van der Waals surface area contributed by atoms with E-state index < -0.39 is 0 Å². The first-order valence-corrected chi connectivity index (χ1v) is 6.82. The summed E-state index contributed by atoms with van der Waals surface area (Å²) in [7, 11) is 0. The zero-order valence-corrected chi connectivity index (χ0v) is 11.5. The van der Waals surface area contributed by atoms with E-state index in [2.05, 4.69) is 29.6 Å². The monoisotopic (exact) mass is 277 g/mol. The van der Waals surface area contributed by atoms with Crippen molar-refractivity contribution in [2.24, 2.45) is 0 Å². The van der Waals surface area contributed by atoms with Gasteiger partial charge in [-0.25, -0.2) is 4.39 Å². The van der Waals surface area contributed by atoms with Crippen molar-refractivity contribution >= 4 is 11.6 Å². The van der Waals surface area contributed by atoms with Gasteiger partial charge in [-0.15, -0.1) is 0 Å². The van der Waals surface area contributed by atoms with Crippen LogP contribution >= 0.6 is 11.6 Å². The van der Waals surface area contributed by atoms with Crippen LogP contribution in [0.5, 0.6) is 0 Å². The Morgan fingerprint density at radius 3 is 2.53 bits per heavy atom. The maximum atomic E-state index is 13.2. The van der Waals surface area contributed by atoms with E-state index in [0.717, 1.165) is 24.9 Å². The van der Waals surface area contributed by atoms with E-state index in [0.29, 0.717) is 6.54 Å². The summed E-state index contributed by atoms with van der Waals surface area (Å²) in [4.78, 5) is 0. The highest BCUT2D eigenvalue weighted by atomic mass is 35.5. The van der Waals surface area contributed by atoms with Gasteiger partial charge in [0.25, 0.3) is 0 Å². The lowest BCUT2D eigenvalue weighted by molar-refractivity contribution is 0.616. The molecular formula is C16H17ClFN. The highest BCUT2D eigenvalue weighted by molar-refractivity contribution is 6.30. The molecule has 1 N–H and O–H groups in total. The van der Waals surface area contributed by atoms with Gasteiger partial charge in [-0.2, -0.15) is 0 Å². The minimum Gasteiger partial charge on any atom is -0.313 e. The number of hydrogen-bond donors (Lipinski definition) is 1. The first-order valence-electron chi connectivity index (χ1n) is 6.44. The molecule has 0 aliphatic rings. The standard InChI is InChI=1S/C16H17ClFN/c17-15-9-8-14(11-16(15)18)12-19-10-4-7-13-5-2-1-3-6-13/h1-3,5-6,8-9,11,19H,4,7,10,12H2. The minimum absolute atomic E-state index is 0.174. The van der Waals surface area contributed by atoms with Crippen molar-refractivity contribution in [3.63, 3.8) is 0 Å². The van der Waals surface area contributed by atoms with Gasteiger partial charge in [0.2, 0.25) is 0 Å². The first-order chi connectivity index (χ1) is 9.25. The van der Waals surface area contributed by atoms with Crippen LogP contribution in [0.1, 0.15) is 17.5 Å². The van der Waals surface area contributed by atoms with Gasteiger partial charge < -0.3 is 5.32 Å². The maximum absolute atomic E-state index is 13.2. The van der Waals surface area contributed by atoms with Crippen LogP contribution < -0.4 is 5.32 Å².